The van der Waals surface area contributed by atoms with Gasteiger partial charge in [0.15, 0.2) is 5.69 Å². The highest BCUT2D eigenvalue weighted by atomic mass is 19.4. The van der Waals surface area contributed by atoms with E-state index < -0.39 is 11.9 Å². The van der Waals surface area contributed by atoms with Gasteiger partial charge in [-0.25, -0.2) is 4.68 Å². The SMILES string of the molecule is O=C(NN(c1ccccc1)c1ccccc1)c1ccc(-n2nc(C(F)(F)F)c3c2-c2ccoc2CC3)cc1. The maximum atomic E-state index is 13.8. The number of aromatic nitrogens is 2. The van der Waals surface area contributed by atoms with Gasteiger partial charge in [-0.3, -0.25) is 15.2 Å². The number of carbonyl (C=O) groups excluding carboxylic acids is 1. The van der Waals surface area contributed by atoms with Crippen molar-refractivity contribution in [3.63, 3.8) is 0 Å². The number of hydrogen-bond donors (Lipinski definition) is 1. The fourth-order valence-electron chi connectivity index (χ4n) is 4.71. The summed E-state index contributed by atoms with van der Waals surface area (Å²) in [7, 11) is 0. The van der Waals surface area contributed by atoms with E-state index in [9.17, 15) is 18.0 Å². The van der Waals surface area contributed by atoms with Crippen LogP contribution < -0.4 is 10.4 Å². The summed E-state index contributed by atoms with van der Waals surface area (Å²) in [5.41, 5.74) is 5.41. The number of halogens is 3. The summed E-state index contributed by atoms with van der Waals surface area (Å²) in [6.07, 6.45) is -2.56. The number of para-hydroxylation sites is 2. The molecular weight excluding hydrogens is 493 g/mol. The van der Waals surface area contributed by atoms with Crippen LogP contribution in [0.2, 0.25) is 0 Å². The maximum Gasteiger partial charge on any atom is 0.435 e. The number of fused-ring (bicyclic) bond motifs is 3. The van der Waals surface area contributed by atoms with E-state index in [2.05, 4.69) is 10.5 Å². The second kappa shape index (κ2) is 9.26. The lowest BCUT2D eigenvalue weighted by atomic mass is 9.94. The Kier molecular flexibility index (Phi) is 5.75. The van der Waals surface area contributed by atoms with Gasteiger partial charge in [-0.05, 0) is 61.0 Å². The summed E-state index contributed by atoms with van der Waals surface area (Å²) in [5.74, 6) is 0.255. The lowest BCUT2D eigenvalue weighted by molar-refractivity contribution is -0.142. The number of hydrogen-bond acceptors (Lipinski definition) is 4. The summed E-state index contributed by atoms with van der Waals surface area (Å²) in [6, 6.07) is 26.7. The normalized spacial score (nSPS) is 12.5. The molecule has 3 aromatic carbocycles. The maximum absolute atomic E-state index is 13.8. The molecule has 38 heavy (non-hydrogen) atoms. The van der Waals surface area contributed by atoms with Gasteiger partial charge in [0.25, 0.3) is 5.91 Å². The first-order valence-electron chi connectivity index (χ1n) is 12.0. The second-order valence-corrected chi connectivity index (χ2v) is 8.84. The summed E-state index contributed by atoms with van der Waals surface area (Å²) in [6.45, 7) is 0. The molecule has 0 bridgehead atoms. The Bertz CT molecular complexity index is 1550. The molecule has 0 aliphatic heterocycles. The van der Waals surface area contributed by atoms with Crippen LogP contribution in [-0.4, -0.2) is 15.7 Å². The van der Waals surface area contributed by atoms with Crippen molar-refractivity contribution in [2.45, 2.75) is 19.0 Å². The summed E-state index contributed by atoms with van der Waals surface area (Å²) in [5, 5.41) is 5.63. The molecule has 190 valence electrons. The van der Waals surface area contributed by atoms with Crippen LogP contribution in [0.4, 0.5) is 24.5 Å². The van der Waals surface area contributed by atoms with E-state index >= 15 is 0 Å². The van der Waals surface area contributed by atoms with Gasteiger partial charge < -0.3 is 4.42 Å². The smallest absolute Gasteiger partial charge is 0.435 e. The molecule has 9 heteroatoms. The Morgan fingerprint density at radius 1 is 0.868 bits per heavy atom. The Morgan fingerprint density at radius 3 is 2.11 bits per heavy atom. The first-order valence-corrected chi connectivity index (χ1v) is 12.0. The van der Waals surface area contributed by atoms with Crippen LogP contribution >= 0.6 is 0 Å². The van der Waals surface area contributed by atoms with Gasteiger partial charge in [0, 0.05) is 23.1 Å². The molecule has 0 radical (unpaired) electrons. The van der Waals surface area contributed by atoms with Crippen LogP contribution in [0.25, 0.3) is 16.9 Å². The van der Waals surface area contributed by atoms with E-state index in [0.717, 1.165) is 11.4 Å². The van der Waals surface area contributed by atoms with Crippen molar-refractivity contribution in [2.24, 2.45) is 0 Å². The van der Waals surface area contributed by atoms with Crippen molar-refractivity contribution in [3.8, 4) is 16.9 Å². The second-order valence-electron chi connectivity index (χ2n) is 8.84. The lowest BCUT2D eigenvalue weighted by Gasteiger charge is -2.25. The third kappa shape index (κ3) is 4.21. The average Bonchev–Trinajstić information content (AvgIpc) is 3.57. The predicted octanol–water partition coefficient (Wildman–Crippen LogP) is 6.73. The van der Waals surface area contributed by atoms with Crippen LogP contribution in [0, 0.1) is 0 Å². The van der Waals surface area contributed by atoms with Gasteiger partial charge in [-0.2, -0.15) is 18.3 Å². The Hall–Kier alpha value is -4.79. The molecule has 1 aliphatic rings. The van der Waals surface area contributed by atoms with Gasteiger partial charge in [0.05, 0.1) is 29.0 Å². The molecule has 6 nitrogen and oxygen atoms in total. The van der Waals surface area contributed by atoms with Gasteiger partial charge in [0.2, 0.25) is 0 Å². The zero-order chi connectivity index (χ0) is 26.3. The third-order valence-electron chi connectivity index (χ3n) is 6.47. The third-order valence-corrected chi connectivity index (χ3v) is 6.47. The van der Waals surface area contributed by atoms with Crippen molar-refractivity contribution in [3.05, 3.63) is 120 Å². The fraction of sp³-hybridized carbons (Fsp3) is 0.103. The van der Waals surface area contributed by atoms with Gasteiger partial charge >= 0.3 is 6.18 Å². The largest absolute Gasteiger partial charge is 0.469 e. The number of furan rings is 1. The topological polar surface area (TPSA) is 63.3 Å². The molecule has 1 amide bonds. The number of rotatable bonds is 5. The number of hydrazine groups is 1. The lowest BCUT2D eigenvalue weighted by Crippen LogP contribution is -2.38. The summed E-state index contributed by atoms with van der Waals surface area (Å²) in [4.78, 5) is 13.2. The molecule has 6 rings (SSSR count). The number of alkyl halides is 3. The number of amides is 1. The van der Waals surface area contributed by atoms with E-state index in [-0.39, 0.29) is 17.9 Å². The number of nitrogens with one attached hydrogen (secondary N) is 1. The first kappa shape index (κ1) is 23.6. The highest BCUT2D eigenvalue weighted by Crippen LogP contribution is 2.42. The molecule has 0 saturated carbocycles. The minimum atomic E-state index is -4.59. The Morgan fingerprint density at radius 2 is 1.50 bits per heavy atom. The van der Waals surface area contributed by atoms with Gasteiger partial charge in [-0.15, -0.1) is 0 Å². The van der Waals surface area contributed by atoms with Crippen molar-refractivity contribution in [1.82, 2.24) is 15.2 Å². The quantitative estimate of drug-likeness (QED) is 0.264. The van der Waals surface area contributed by atoms with E-state index in [1.54, 1.807) is 35.3 Å². The summed E-state index contributed by atoms with van der Waals surface area (Å²) < 4.78 is 48.2. The highest BCUT2D eigenvalue weighted by molar-refractivity contribution is 5.96. The number of nitrogens with zero attached hydrogens (tertiary/aromatic N) is 3. The molecule has 0 unspecified atom stereocenters. The zero-order valence-corrected chi connectivity index (χ0v) is 19.9. The van der Waals surface area contributed by atoms with Crippen molar-refractivity contribution in [2.75, 3.05) is 5.01 Å². The molecule has 1 N–H and O–H groups in total. The van der Waals surface area contributed by atoms with Crippen molar-refractivity contribution < 1.29 is 22.4 Å². The number of benzene rings is 3. The molecule has 5 aromatic rings. The molecule has 2 heterocycles. The van der Waals surface area contributed by atoms with Gasteiger partial charge in [0.1, 0.15) is 5.76 Å². The van der Waals surface area contributed by atoms with E-state index in [1.807, 2.05) is 60.7 Å². The van der Waals surface area contributed by atoms with E-state index in [4.69, 9.17) is 4.42 Å². The van der Waals surface area contributed by atoms with Crippen LogP contribution in [-0.2, 0) is 19.0 Å². The Labute approximate surface area is 215 Å². The molecular formula is C29H21F3N4O2. The monoisotopic (exact) mass is 514 g/mol. The molecule has 0 spiro atoms. The predicted molar refractivity (Wildman–Crippen MR) is 136 cm³/mol. The molecule has 2 aromatic heterocycles. The van der Waals surface area contributed by atoms with E-state index in [0.29, 0.717) is 34.7 Å². The minimum absolute atomic E-state index is 0.148. The fourth-order valence-corrected chi connectivity index (χ4v) is 4.71. The average molecular weight is 515 g/mol. The molecule has 1 aliphatic carbocycles. The molecule has 0 atom stereocenters. The molecule has 0 fully saturated rings. The zero-order valence-electron chi connectivity index (χ0n) is 19.9. The summed E-state index contributed by atoms with van der Waals surface area (Å²) >= 11 is 0. The standard InChI is InChI=1S/C29H21F3N4O2/c30-29(31,32)27-24-15-16-25-23(17-18-38-25)26(24)36(33-27)22-13-11-19(12-14-22)28(37)34-35(20-7-3-1-4-8-20)21-9-5-2-6-10-21/h1-14,17-18H,15-16H2,(H,34,37). The minimum Gasteiger partial charge on any atom is -0.469 e. The van der Waals surface area contributed by atoms with Crippen LogP contribution in [0.1, 0.15) is 27.4 Å². The number of carbonyl (C=O) groups is 1. The van der Waals surface area contributed by atoms with Crippen molar-refractivity contribution in [1.29, 1.82) is 0 Å². The highest BCUT2D eigenvalue weighted by Gasteiger charge is 2.41. The van der Waals surface area contributed by atoms with Crippen molar-refractivity contribution >= 4 is 17.3 Å². The van der Waals surface area contributed by atoms with Crippen LogP contribution in [0.5, 0.6) is 0 Å². The Balaban J connectivity index is 1.33. The van der Waals surface area contributed by atoms with Gasteiger partial charge in [-0.1, -0.05) is 36.4 Å². The number of aryl methyl sites for hydroxylation is 1. The van der Waals surface area contributed by atoms with Crippen LogP contribution in [0.15, 0.2) is 102 Å². The number of anilines is 2. The first-order chi connectivity index (χ1) is 18.4. The molecule has 0 saturated heterocycles. The van der Waals surface area contributed by atoms with E-state index in [1.165, 1.54) is 10.9 Å². The van der Waals surface area contributed by atoms with Crippen LogP contribution in [0.3, 0.4) is 0 Å².